The van der Waals surface area contributed by atoms with Gasteiger partial charge in [0.15, 0.2) is 0 Å². The van der Waals surface area contributed by atoms with Crippen LogP contribution in [0.1, 0.15) is 12.5 Å². The van der Waals surface area contributed by atoms with Crippen LogP contribution < -0.4 is 18.9 Å². The summed E-state index contributed by atoms with van der Waals surface area (Å²) in [6.45, 7) is 2.39. The summed E-state index contributed by atoms with van der Waals surface area (Å²) in [5.41, 5.74) is 0.919. The van der Waals surface area contributed by atoms with Crippen molar-refractivity contribution in [2.45, 2.75) is 13.3 Å². The summed E-state index contributed by atoms with van der Waals surface area (Å²) in [7, 11) is -0.247. The van der Waals surface area contributed by atoms with Crippen molar-refractivity contribution in [2.24, 2.45) is 0 Å². The number of hydrogen-bond acceptors (Lipinski definition) is 4. The second-order valence-electron chi connectivity index (χ2n) is 3.82. The predicted molar refractivity (Wildman–Crippen MR) is 73.8 cm³/mol. The van der Waals surface area contributed by atoms with E-state index in [9.17, 15) is 8.42 Å². The fourth-order valence-electron chi connectivity index (χ4n) is 1.62. The minimum absolute atomic E-state index is 0.304. The number of methoxy groups -OCH3 is 2. The Morgan fingerprint density at radius 2 is 1.89 bits per heavy atom. The molecule has 0 aromatic heterocycles. The zero-order valence-corrected chi connectivity index (χ0v) is 12.2. The third-order valence-electron chi connectivity index (χ3n) is 2.52. The van der Waals surface area contributed by atoms with Crippen LogP contribution in [-0.4, -0.2) is 35.7 Å². The number of ether oxygens (including phenoxy) is 2. The first-order valence-electron chi connectivity index (χ1n) is 5.97. The maximum atomic E-state index is 11.4. The van der Waals surface area contributed by atoms with E-state index in [1.54, 1.807) is 27.2 Å². The van der Waals surface area contributed by atoms with Gasteiger partial charge in [-0.3, -0.25) is 0 Å². The van der Waals surface area contributed by atoms with Gasteiger partial charge >= 0.3 is 0 Å². The van der Waals surface area contributed by atoms with Crippen molar-refractivity contribution in [1.82, 2.24) is 9.44 Å². The van der Waals surface area contributed by atoms with E-state index in [-0.39, 0.29) is 0 Å². The molecule has 0 saturated heterocycles. The van der Waals surface area contributed by atoms with Crippen LogP contribution in [0.15, 0.2) is 18.2 Å². The summed E-state index contributed by atoms with van der Waals surface area (Å²) in [5, 5.41) is 0. The molecule has 0 radical (unpaired) electrons. The van der Waals surface area contributed by atoms with Gasteiger partial charge in [-0.2, -0.15) is 8.42 Å². The lowest BCUT2D eigenvalue weighted by atomic mass is 10.1. The summed E-state index contributed by atoms with van der Waals surface area (Å²) < 4.78 is 38.0. The molecule has 7 heteroatoms. The molecule has 2 N–H and O–H groups in total. The minimum Gasteiger partial charge on any atom is -0.497 e. The second kappa shape index (κ2) is 7.32. The third-order valence-corrected chi connectivity index (χ3v) is 3.77. The van der Waals surface area contributed by atoms with Crippen LogP contribution in [-0.2, 0) is 16.6 Å². The monoisotopic (exact) mass is 288 g/mol. The Kier molecular flexibility index (Phi) is 6.07. The van der Waals surface area contributed by atoms with Crippen molar-refractivity contribution >= 4 is 10.2 Å². The maximum absolute atomic E-state index is 11.4. The van der Waals surface area contributed by atoms with Gasteiger partial charge in [0.1, 0.15) is 11.5 Å². The molecular weight excluding hydrogens is 268 g/mol. The molecule has 0 fully saturated rings. The average Bonchev–Trinajstić information content (AvgIpc) is 2.38. The lowest BCUT2D eigenvalue weighted by Gasteiger charge is -2.11. The molecule has 0 heterocycles. The molecule has 0 aliphatic carbocycles. The Bertz CT molecular complexity index is 502. The highest BCUT2D eigenvalue weighted by molar-refractivity contribution is 7.87. The molecule has 1 rings (SSSR count). The second-order valence-corrected chi connectivity index (χ2v) is 5.41. The van der Waals surface area contributed by atoms with Crippen LogP contribution in [0.4, 0.5) is 0 Å². The van der Waals surface area contributed by atoms with Gasteiger partial charge in [0.2, 0.25) is 0 Å². The molecule has 108 valence electrons. The van der Waals surface area contributed by atoms with Gasteiger partial charge in [-0.15, -0.1) is 0 Å². The van der Waals surface area contributed by atoms with E-state index >= 15 is 0 Å². The fourth-order valence-corrected chi connectivity index (χ4v) is 2.47. The molecule has 0 unspecified atom stereocenters. The highest BCUT2D eigenvalue weighted by Crippen LogP contribution is 2.24. The van der Waals surface area contributed by atoms with E-state index in [2.05, 4.69) is 9.44 Å². The third kappa shape index (κ3) is 5.06. The Morgan fingerprint density at radius 3 is 2.47 bits per heavy atom. The molecule has 0 saturated carbocycles. The van der Waals surface area contributed by atoms with Crippen molar-refractivity contribution in [2.75, 3.05) is 27.3 Å². The molecule has 0 aliphatic heterocycles. The van der Waals surface area contributed by atoms with Gasteiger partial charge in [0.25, 0.3) is 10.2 Å². The zero-order valence-electron chi connectivity index (χ0n) is 11.4. The fraction of sp³-hybridized carbons (Fsp3) is 0.500. The van der Waals surface area contributed by atoms with Crippen molar-refractivity contribution < 1.29 is 17.9 Å². The SMILES string of the molecule is CCNS(=O)(=O)NCCc1ccc(OC)cc1OC. The van der Waals surface area contributed by atoms with Crippen LogP contribution in [0.3, 0.4) is 0 Å². The minimum atomic E-state index is -3.40. The van der Waals surface area contributed by atoms with Crippen molar-refractivity contribution in [3.63, 3.8) is 0 Å². The molecule has 0 amide bonds. The molecule has 6 nitrogen and oxygen atoms in total. The number of rotatable bonds is 8. The van der Waals surface area contributed by atoms with Crippen LogP contribution in [0.2, 0.25) is 0 Å². The summed E-state index contributed by atoms with van der Waals surface area (Å²) >= 11 is 0. The average molecular weight is 288 g/mol. The smallest absolute Gasteiger partial charge is 0.276 e. The number of hydrogen-bond donors (Lipinski definition) is 2. The van der Waals surface area contributed by atoms with Gasteiger partial charge in [-0.05, 0) is 18.1 Å². The Balaban J connectivity index is 2.63. The van der Waals surface area contributed by atoms with E-state index in [0.717, 1.165) is 5.56 Å². The summed E-state index contributed by atoms with van der Waals surface area (Å²) in [6, 6.07) is 5.45. The highest BCUT2D eigenvalue weighted by atomic mass is 32.2. The van der Waals surface area contributed by atoms with E-state index < -0.39 is 10.2 Å². The summed E-state index contributed by atoms with van der Waals surface area (Å²) in [6.07, 6.45) is 0.539. The van der Waals surface area contributed by atoms with Gasteiger partial charge in [-0.1, -0.05) is 13.0 Å². The Morgan fingerprint density at radius 1 is 1.16 bits per heavy atom. The molecule has 1 aromatic carbocycles. The van der Waals surface area contributed by atoms with Crippen molar-refractivity contribution in [1.29, 1.82) is 0 Å². The predicted octanol–water partition coefficient (Wildman–Crippen LogP) is 0.690. The lowest BCUT2D eigenvalue weighted by molar-refractivity contribution is 0.391. The van der Waals surface area contributed by atoms with Crippen LogP contribution in [0.25, 0.3) is 0 Å². The first-order valence-corrected chi connectivity index (χ1v) is 7.46. The van der Waals surface area contributed by atoms with E-state index in [1.165, 1.54) is 0 Å². The number of benzene rings is 1. The molecule has 0 bridgehead atoms. The topological polar surface area (TPSA) is 76.7 Å². The van der Waals surface area contributed by atoms with Crippen LogP contribution in [0, 0.1) is 0 Å². The van der Waals surface area contributed by atoms with E-state index in [0.29, 0.717) is 31.0 Å². The van der Waals surface area contributed by atoms with Gasteiger partial charge in [-0.25, -0.2) is 9.44 Å². The quantitative estimate of drug-likeness (QED) is 0.738. The van der Waals surface area contributed by atoms with Crippen molar-refractivity contribution in [3.05, 3.63) is 23.8 Å². The van der Waals surface area contributed by atoms with Crippen LogP contribution >= 0.6 is 0 Å². The van der Waals surface area contributed by atoms with Gasteiger partial charge < -0.3 is 9.47 Å². The standard InChI is InChI=1S/C12H20N2O4S/c1-4-13-19(15,16)14-8-7-10-5-6-11(17-2)9-12(10)18-3/h5-6,9,13-14H,4,7-8H2,1-3H3. The molecule has 19 heavy (non-hydrogen) atoms. The Labute approximate surface area is 114 Å². The van der Waals surface area contributed by atoms with Gasteiger partial charge in [0.05, 0.1) is 14.2 Å². The highest BCUT2D eigenvalue weighted by Gasteiger charge is 2.09. The van der Waals surface area contributed by atoms with E-state index in [4.69, 9.17) is 9.47 Å². The summed E-state index contributed by atoms with van der Waals surface area (Å²) in [5.74, 6) is 1.39. The van der Waals surface area contributed by atoms with Crippen LogP contribution in [0.5, 0.6) is 11.5 Å². The molecular formula is C12H20N2O4S. The first-order chi connectivity index (χ1) is 9.02. The largest absolute Gasteiger partial charge is 0.497 e. The van der Waals surface area contributed by atoms with Crippen molar-refractivity contribution in [3.8, 4) is 11.5 Å². The first kappa shape index (κ1) is 15.7. The molecule has 0 atom stereocenters. The maximum Gasteiger partial charge on any atom is 0.276 e. The van der Waals surface area contributed by atoms with E-state index in [1.807, 2.05) is 12.1 Å². The lowest BCUT2D eigenvalue weighted by Crippen LogP contribution is -2.37. The number of nitrogens with one attached hydrogen (secondary N) is 2. The Hall–Kier alpha value is -1.31. The molecule has 0 spiro atoms. The molecule has 0 aliphatic rings. The molecule has 1 aromatic rings. The summed E-state index contributed by atoms with van der Waals surface area (Å²) in [4.78, 5) is 0. The van der Waals surface area contributed by atoms with Gasteiger partial charge in [0, 0.05) is 19.2 Å². The normalized spacial score (nSPS) is 11.3. The zero-order chi connectivity index (χ0) is 14.3.